The van der Waals surface area contributed by atoms with E-state index in [0.29, 0.717) is 34.9 Å². The number of hydrogen-bond acceptors (Lipinski definition) is 5. The van der Waals surface area contributed by atoms with Gasteiger partial charge in [0.1, 0.15) is 5.75 Å². The van der Waals surface area contributed by atoms with Crippen LogP contribution in [0.25, 0.3) is 0 Å². The fraction of sp³-hybridized carbons (Fsp3) is 0.250. The minimum Gasteiger partial charge on any atom is -0.508 e. The molecule has 0 radical (unpaired) electrons. The van der Waals surface area contributed by atoms with Gasteiger partial charge < -0.3 is 14.8 Å². The molecule has 1 aliphatic heterocycles. The van der Waals surface area contributed by atoms with Crippen molar-refractivity contribution in [3.63, 3.8) is 0 Å². The smallest absolute Gasteiger partial charge is 0.491 e. The number of phenolic OH excluding ortho intramolecular Hbond substituents is 1. The quantitative estimate of drug-likeness (QED) is 0.576. The Morgan fingerprint density at radius 1 is 1.21 bits per heavy atom. The molecule has 0 aliphatic carbocycles. The SMILES string of the molecule is O=S(=O)(Cc1ccc2c(c1)B(O)OC2)c1ccc(O)cc1CCBr. The molecule has 0 bridgehead atoms. The highest BCUT2D eigenvalue weighted by molar-refractivity contribution is 9.09. The molecule has 0 saturated heterocycles. The van der Waals surface area contributed by atoms with E-state index < -0.39 is 17.0 Å². The van der Waals surface area contributed by atoms with Crippen LogP contribution in [0.4, 0.5) is 0 Å². The minimum atomic E-state index is -3.57. The lowest BCUT2D eigenvalue weighted by molar-refractivity contribution is 0.275. The molecule has 0 unspecified atom stereocenters. The normalized spacial score (nSPS) is 14.0. The van der Waals surface area contributed by atoms with Crippen molar-refractivity contribution in [1.29, 1.82) is 0 Å². The first-order valence-corrected chi connectivity index (χ1v) is 10.2. The van der Waals surface area contributed by atoms with Gasteiger partial charge in [-0.3, -0.25) is 0 Å². The zero-order valence-corrected chi connectivity index (χ0v) is 15.2. The second kappa shape index (κ2) is 6.88. The predicted molar refractivity (Wildman–Crippen MR) is 95.3 cm³/mol. The number of phenols is 1. The van der Waals surface area contributed by atoms with Crippen molar-refractivity contribution in [2.45, 2.75) is 23.7 Å². The van der Waals surface area contributed by atoms with Crippen LogP contribution in [0.2, 0.25) is 0 Å². The zero-order chi connectivity index (χ0) is 17.3. The third kappa shape index (κ3) is 3.51. The Hall–Kier alpha value is -1.35. The Labute approximate surface area is 149 Å². The van der Waals surface area contributed by atoms with Crippen molar-refractivity contribution < 1.29 is 23.2 Å². The second-order valence-electron chi connectivity index (χ2n) is 5.69. The van der Waals surface area contributed by atoms with Gasteiger partial charge in [0.2, 0.25) is 0 Å². The highest BCUT2D eigenvalue weighted by Gasteiger charge is 2.28. The first-order chi connectivity index (χ1) is 11.4. The number of fused-ring (bicyclic) bond motifs is 1. The highest BCUT2D eigenvalue weighted by Crippen LogP contribution is 2.25. The number of hydrogen-bond donors (Lipinski definition) is 2. The fourth-order valence-electron chi connectivity index (χ4n) is 2.82. The van der Waals surface area contributed by atoms with Crippen LogP contribution in [0, 0.1) is 0 Å². The number of aryl methyl sites for hydroxylation is 1. The summed E-state index contributed by atoms with van der Waals surface area (Å²) < 4.78 is 30.7. The topological polar surface area (TPSA) is 83.8 Å². The Kier molecular flexibility index (Phi) is 5.01. The largest absolute Gasteiger partial charge is 0.508 e. The Balaban J connectivity index is 1.94. The molecule has 24 heavy (non-hydrogen) atoms. The summed E-state index contributed by atoms with van der Waals surface area (Å²) >= 11 is 3.30. The van der Waals surface area contributed by atoms with E-state index in [1.54, 1.807) is 18.2 Å². The zero-order valence-electron chi connectivity index (χ0n) is 12.8. The number of alkyl halides is 1. The first kappa shape index (κ1) is 17.5. The Morgan fingerprint density at radius 3 is 2.75 bits per heavy atom. The van der Waals surface area contributed by atoms with Crippen LogP contribution in [-0.4, -0.2) is 31.0 Å². The summed E-state index contributed by atoms with van der Waals surface area (Å²) in [7, 11) is -4.57. The highest BCUT2D eigenvalue weighted by atomic mass is 79.9. The summed E-state index contributed by atoms with van der Waals surface area (Å²) in [6, 6.07) is 9.50. The number of halogens is 1. The lowest BCUT2D eigenvalue weighted by Crippen LogP contribution is -2.28. The van der Waals surface area contributed by atoms with Gasteiger partial charge in [0.15, 0.2) is 9.84 Å². The van der Waals surface area contributed by atoms with E-state index in [1.807, 2.05) is 0 Å². The van der Waals surface area contributed by atoms with Gasteiger partial charge in [-0.25, -0.2) is 8.42 Å². The van der Waals surface area contributed by atoms with Crippen LogP contribution in [0.3, 0.4) is 0 Å². The minimum absolute atomic E-state index is 0.0442. The van der Waals surface area contributed by atoms with Crippen molar-refractivity contribution in [3.8, 4) is 5.75 Å². The van der Waals surface area contributed by atoms with Gasteiger partial charge in [0.25, 0.3) is 0 Å². The molecule has 8 heteroatoms. The van der Waals surface area contributed by atoms with Gasteiger partial charge in [-0.2, -0.15) is 0 Å². The molecule has 2 aromatic rings. The van der Waals surface area contributed by atoms with E-state index in [4.69, 9.17) is 4.65 Å². The molecule has 0 amide bonds. The van der Waals surface area contributed by atoms with Crippen molar-refractivity contribution >= 4 is 38.3 Å². The van der Waals surface area contributed by atoms with Crippen LogP contribution in [0.1, 0.15) is 16.7 Å². The molecule has 0 aromatic heterocycles. The van der Waals surface area contributed by atoms with Gasteiger partial charge in [-0.1, -0.05) is 34.1 Å². The number of rotatable bonds is 5. The van der Waals surface area contributed by atoms with E-state index in [0.717, 1.165) is 5.56 Å². The molecular formula is C16H16BBrO5S. The first-order valence-electron chi connectivity index (χ1n) is 7.42. The van der Waals surface area contributed by atoms with Gasteiger partial charge >= 0.3 is 7.12 Å². The summed E-state index contributed by atoms with van der Waals surface area (Å²) in [6.45, 7) is 0.330. The second-order valence-corrected chi connectivity index (χ2v) is 8.44. The van der Waals surface area contributed by atoms with E-state index in [-0.39, 0.29) is 16.4 Å². The molecular weight excluding hydrogens is 395 g/mol. The monoisotopic (exact) mass is 410 g/mol. The molecule has 5 nitrogen and oxygen atoms in total. The van der Waals surface area contributed by atoms with Crippen LogP contribution in [0.15, 0.2) is 41.3 Å². The van der Waals surface area contributed by atoms with E-state index in [9.17, 15) is 18.5 Å². The van der Waals surface area contributed by atoms with Crippen molar-refractivity contribution in [2.75, 3.05) is 5.33 Å². The molecule has 0 atom stereocenters. The van der Waals surface area contributed by atoms with Crippen molar-refractivity contribution in [1.82, 2.24) is 0 Å². The Bertz CT molecular complexity index is 869. The summed E-state index contributed by atoms with van der Waals surface area (Å²) in [5, 5.41) is 20.0. The van der Waals surface area contributed by atoms with Gasteiger partial charge in [0, 0.05) is 5.33 Å². The number of aromatic hydroxyl groups is 1. The molecule has 126 valence electrons. The molecule has 1 heterocycles. The maximum Gasteiger partial charge on any atom is 0.491 e. The molecule has 0 saturated carbocycles. The number of benzene rings is 2. The molecule has 2 N–H and O–H groups in total. The van der Waals surface area contributed by atoms with E-state index >= 15 is 0 Å². The molecule has 3 rings (SSSR count). The van der Waals surface area contributed by atoms with Crippen molar-refractivity contribution in [2.24, 2.45) is 0 Å². The summed E-state index contributed by atoms with van der Waals surface area (Å²) in [5.74, 6) is -0.129. The van der Waals surface area contributed by atoms with Gasteiger partial charge in [-0.15, -0.1) is 0 Å². The van der Waals surface area contributed by atoms with Crippen LogP contribution >= 0.6 is 15.9 Å². The average molecular weight is 411 g/mol. The van der Waals surface area contributed by atoms with Crippen LogP contribution in [0.5, 0.6) is 5.75 Å². The third-order valence-electron chi connectivity index (χ3n) is 3.97. The maximum atomic E-state index is 12.8. The van der Waals surface area contributed by atoms with Crippen molar-refractivity contribution in [3.05, 3.63) is 53.1 Å². The third-order valence-corrected chi connectivity index (χ3v) is 6.15. The fourth-order valence-corrected chi connectivity index (χ4v) is 4.85. The number of sulfone groups is 1. The molecule has 0 spiro atoms. The lowest BCUT2D eigenvalue weighted by atomic mass is 9.79. The summed E-state index contributed by atoms with van der Waals surface area (Å²) in [5.41, 5.74) is 2.66. The standard InChI is InChI=1S/C16H16BBrO5S/c18-6-5-12-8-14(19)3-4-16(12)24(21,22)10-11-1-2-13-9-23-17(20)15(13)7-11/h1-4,7-8,19-20H,5-6,9-10H2. The van der Waals surface area contributed by atoms with Crippen LogP contribution < -0.4 is 5.46 Å². The van der Waals surface area contributed by atoms with Gasteiger partial charge in [0.05, 0.1) is 17.3 Å². The Morgan fingerprint density at radius 2 is 2.00 bits per heavy atom. The summed E-state index contributed by atoms with van der Waals surface area (Å²) in [4.78, 5) is 0.219. The summed E-state index contributed by atoms with van der Waals surface area (Å²) in [6.07, 6.45) is 0.500. The average Bonchev–Trinajstić information content (AvgIpc) is 2.88. The van der Waals surface area contributed by atoms with Gasteiger partial charge in [-0.05, 0) is 46.8 Å². The predicted octanol–water partition coefficient (Wildman–Crippen LogP) is 1.52. The molecule has 1 aliphatic rings. The lowest BCUT2D eigenvalue weighted by Gasteiger charge is -2.11. The molecule has 2 aromatic carbocycles. The maximum absolute atomic E-state index is 12.8. The molecule has 0 fully saturated rings. The van der Waals surface area contributed by atoms with E-state index in [1.165, 1.54) is 18.2 Å². The van der Waals surface area contributed by atoms with E-state index in [2.05, 4.69) is 15.9 Å². The van der Waals surface area contributed by atoms with Crippen LogP contribution in [-0.2, 0) is 33.3 Å².